The third-order valence-electron chi connectivity index (χ3n) is 3.35. The van der Waals surface area contributed by atoms with Gasteiger partial charge in [-0.15, -0.1) is 5.92 Å². The maximum absolute atomic E-state index is 3.41. The molecule has 0 aromatic rings. The molecule has 16 heavy (non-hydrogen) atoms. The predicted molar refractivity (Wildman–Crippen MR) is 67.6 cm³/mol. The van der Waals surface area contributed by atoms with Crippen molar-refractivity contribution in [1.29, 1.82) is 0 Å². The minimum Gasteiger partial charge on any atom is -0.318 e. The molecule has 0 saturated carbocycles. The van der Waals surface area contributed by atoms with Crippen molar-refractivity contribution in [2.45, 2.75) is 63.8 Å². The Morgan fingerprint density at radius 2 is 1.62 bits per heavy atom. The van der Waals surface area contributed by atoms with Crippen LogP contribution < -0.4 is 0 Å². The summed E-state index contributed by atoms with van der Waals surface area (Å²) in [5.74, 6) is 10.0. The van der Waals surface area contributed by atoms with Gasteiger partial charge in [-0.3, -0.25) is 0 Å². The number of hydrogen-bond donors (Lipinski definition) is 0. The minimum absolute atomic E-state index is 0.408. The van der Waals surface area contributed by atoms with E-state index in [0.29, 0.717) is 6.04 Å². The van der Waals surface area contributed by atoms with E-state index in [9.17, 15) is 0 Å². The zero-order valence-electron chi connectivity index (χ0n) is 10.1. The normalized spacial score (nSPS) is 26.0. The van der Waals surface area contributed by atoms with Crippen molar-refractivity contribution in [3.63, 3.8) is 0 Å². The third-order valence-corrected chi connectivity index (χ3v) is 3.35. The van der Waals surface area contributed by atoms with Gasteiger partial charge >= 0.3 is 0 Å². The lowest BCUT2D eigenvalue weighted by atomic mass is 10.0. The summed E-state index contributed by atoms with van der Waals surface area (Å²) < 4.78 is 0. The summed E-state index contributed by atoms with van der Waals surface area (Å²) in [5, 5.41) is 0. The standard InChI is InChI=1S/C15H21N/c1-3-7-11-15(12-8-4-1)16-13-9-5-2-6-10-14-16/h15H,1-7,9,11,13H2. The molecule has 0 spiro atoms. The van der Waals surface area contributed by atoms with Crippen LogP contribution in [0.15, 0.2) is 0 Å². The van der Waals surface area contributed by atoms with Gasteiger partial charge in [-0.25, -0.2) is 0 Å². The fraction of sp³-hybridized carbons (Fsp3) is 0.733. The molecule has 86 valence electrons. The van der Waals surface area contributed by atoms with Gasteiger partial charge in [-0.05, 0) is 25.7 Å². The van der Waals surface area contributed by atoms with Crippen LogP contribution in [0.25, 0.3) is 0 Å². The zero-order chi connectivity index (χ0) is 11.1. The lowest BCUT2D eigenvalue weighted by molar-refractivity contribution is 0.313. The van der Waals surface area contributed by atoms with E-state index in [4.69, 9.17) is 0 Å². The van der Waals surface area contributed by atoms with Gasteiger partial charge in [0.1, 0.15) is 0 Å². The Labute approximate surface area is 99.6 Å². The Hall–Kier alpha value is -1.08. The van der Waals surface area contributed by atoms with Gasteiger partial charge < -0.3 is 4.90 Å². The van der Waals surface area contributed by atoms with E-state index in [1.54, 1.807) is 0 Å². The highest BCUT2D eigenvalue weighted by Gasteiger charge is 2.14. The Bertz CT molecular complexity index is 289. The van der Waals surface area contributed by atoms with Crippen molar-refractivity contribution >= 4 is 0 Å². The number of nitrogens with zero attached hydrogens (tertiary/aromatic N) is 1. The Kier molecular flexibility index (Phi) is 4.63. The minimum atomic E-state index is 0.408. The van der Waals surface area contributed by atoms with Crippen LogP contribution in [0, 0.1) is 23.8 Å². The van der Waals surface area contributed by atoms with Crippen LogP contribution in [-0.2, 0) is 0 Å². The molecular formula is C15H21N. The van der Waals surface area contributed by atoms with Gasteiger partial charge in [0.15, 0.2) is 0 Å². The highest BCUT2D eigenvalue weighted by Crippen LogP contribution is 2.15. The second kappa shape index (κ2) is 6.49. The molecule has 0 aromatic carbocycles. The summed E-state index contributed by atoms with van der Waals surface area (Å²) in [7, 11) is 0. The maximum atomic E-state index is 3.41. The van der Waals surface area contributed by atoms with Gasteiger partial charge in [0.25, 0.3) is 0 Å². The Morgan fingerprint density at radius 3 is 2.56 bits per heavy atom. The van der Waals surface area contributed by atoms with Gasteiger partial charge in [-0.1, -0.05) is 31.1 Å². The maximum Gasteiger partial charge on any atom is 0.0978 e. The van der Waals surface area contributed by atoms with Crippen LogP contribution in [0.1, 0.15) is 57.8 Å². The average Bonchev–Trinajstić information content (AvgIpc) is 2.18. The lowest BCUT2D eigenvalue weighted by Gasteiger charge is -2.26. The van der Waals surface area contributed by atoms with Crippen LogP contribution in [-0.4, -0.2) is 17.5 Å². The summed E-state index contributed by atoms with van der Waals surface area (Å²) in [4.78, 5) is 2.30. The van der Waals surface area contributed by atoms with Crippen molar-refractivity contribution < 1.29 is 0 Å². The van der Waals surface area contributed by atoms with Gasteiger partial charge in [-0.2, -0.15) is 0 Å². The van der Waals surface area contributed by atoms with Crippen LogP contribution in [0.5, 0.6) is 0 Å². The molecule has 1 aliphatic heterocycles. The van der Waals surface area contributed by atoms with Gasteiger partial charge in [0.05, 0.1) is 6.04 Å². The molecule has 1 aliphatic carbocycles. The van der Waals surface area contributed by atoms with Crippen molar-refractivity contribution in [3.8, 4) is 23.8 Å². The Morgan fingerprint density at radius 1 is 0.812 bits per heavy atom. The number of hydrogen-bond acceptors (Lipinski definition) is 1. The first-order valence-electron chi connectivity index (χ1n) is 6.70. The van der Waals surface area contributed by atoms with Crippen LogP contribution in [0.4, 0.5) is 0 Å². The SMILES string of the molecule is C1#CC(N2C#CCCCCC2)CCCCC1. The summed E-state index contributed by atoms with van der Waals surface area (Å²) in [6, 6.07) is 3.73. The molecule has 0 fully saturated rings. The van der Waals surface area contributed by atoms with Crippen molar-refractivity contribution in [2.24, 2.45) is 0 Å². The summed E-state index contributed by atoms with van der Waals surface area (Å²) in [6.07, 6.45) is 11.2. The molecule has 0 amide bonds. The molecule has 0 radical (unpaired) electrons. The third kappa shape index (κ3) is 3.49. The zero-order valence-corrected chi connectivity index (χ0v) is 10.1. The molecule has 1 atom stereocenters. The number of rotatable bonds is 1. The van der Waals surface area contributed by atoms with E-state index in [-0.39, 0.29) is 0 Å². The monoisotopic (exact) mass is 215 g/mol. The summed E-state index contributed by atoms with van der Waals surface area (Å²) in [6.45, 7) is 1.12. The fourth-order valence-electron chi connectivity index (χ4n) is 2.34. The van der Waals surface area contributed by atoms with Crippen LogP contribution in [0.3, 0.4) is 0 Å². The van der Waals surface area contributed by atoms with E-state index < -0.39 is 0 Å². The van der Waals surface area contributed by atoms with E-state index in [2.05, 4.69) is 28.7 Å². The molecule has 0 bridgehead atoms. The smallest absolute Gasteiger partial charge is 0.0978 e. The van der Waals surface area contributed by atoms with Crippen molar-refractivity contribution in [2.75, 3.05) is 6.54 Å². The molecule has 0 saturated heterocycles. The molecule has 1 unspecified atom stereocenters. The van der Waals surface area contributed by atoms with Crippen LogP contribution >= 0.6 is 0 Å². The highest BCUT2D eigenvalue weighted by molar-refractivity contribution is 5.14. The van der Waals surface area contributed by atoms with Crippen molar-refractivity contribution in [1.82, 2.24) is 4.90 Å². The second-order valence-corrected chi connectivity index (χ2v) is 4.73. The second-order valence-electron chi connectivity index (χ2n) is 4.73. The molecule has 1 heteroatoms. The molecule has 1 nitrogen and oxygen atoms in total. The fourth-order valence-corrected chi connectivity index (χ4v) is 2.34. The first kappa shape index (κ1) is 11.4. The van der Waals surface area contributed by atoms with E-state index in [1.807, 2.05) is 0 Å². The average molecular weight is 215 g/mol. The van der Waals surface area contributed by atoms with Crippen LogP contribution in [0.2, 0.25) is 0 Å². The van der Waals surface area contributed by atoms with Crippen molar-refractivity contribution in [3.05, 3.63) is 0 Å². The molecular weight excluding hydrogens is 194 g/mol. The quantitative estimate of drug-likeness (QED) is 0.607. The first-order chi connectivity index (χ1) is 7.97. The predicted octanol–water partition coefficient (Wildman–Crippen LogP) is 3.16. The van der Waals surface area contributed by atoms with E-state index in [1.165, 1.54) is 44.9 Å². The van der Waals surface area contributed by atoms with Gasteiger partial charge in [0.2, 0.25) is 0 Å². The summed E-state index contributed by atoms with van der Waals surface area (Å²) >= 11 is 0. The molecule has 0 N–H and O–H groups in total. The molecule has 0 aromatic heterocycles. The molecule has 2 rings (SSSR count). The molecule has 2 aliphatic rings. The summed E-state index contributed by atoms with van der Waals surface area (Å²) in [5.41, 5.74) is 0. The first-order valence-corrected chi connectivity index (χ1v) is 6.70. The van der Waals surface area contributed by atoms with E-state index in [0.717, 1.165) is 19.4 Å². The Balaban J connectivity index is 2.01. The largest absolute Gasteiger partial charge is 0.318 e. The lowest BCUT2D eigenvalue weighted by Crippen LogP contribution is -2.31. The molecule has 1 heterocycles. The highest BCUT2D eigenvalue weighted by atomic mass is 15.1. The topological polar surface area (TPSA) is 3.24 Å². The van der Waals surface area contributed by atoms with E-state index >= 15 is 0 Å². The van der Waals surface area contributed by atoms with Gasteiger partial charge in [0, 0.05) is 25.4 Å².